The Bertz CT molecular complexity index is 318. The van der Waals surface area contributed by atoms with Gasteiger partial charge < -0.3 is 10.5 Å². The van der Waals surface area contributed by atoms with Crippen LogP contribution in [0.3, 0.4) is 0 Å². The van der Waals surface area contributed by atoms with E-state index < -0.39 is 0 Å². The Morgan fingerprint density at radius 1 is 1.54 bits per heavy atom. The van der Waals surface area contributed by atoms with Crippen LogP contribution in [-0.4, -0.2) is 6.61 Å². The molecule has 0 aliphatic heterocycles. The quantitative estimate of drug-likeness (QED) is 0.568. The van der Waals surface area contributed by atoms with Crippen molar-refractivity contribution in [2.75, 3.05) is 12.3 Å². The SMILES string of the molecule is C=C(C)COc1cc(C)ccc1N. The molecule has 0 bridgehead atoms. The summed E-state index contributed by atoms with van der Waals surface area (Å²) in [5, 5.41) is 0. The van der Waals surface area contributed by atoms with Gasteiger partial charge in [0.1, 0.15) is 12.4 Å². The van der Waals surface area contributed by atoms with Gasteiger partial charge in [-0.1, -0.05) is 12.6 Å². The van der Waals surface area contributed by atoms with E-state index in [1.807, 2.05) is 32.0 Å². The lowest BCUT2D eigenvalue weighted by Gasteiger charge is -2.08. The molecule has 1 aromatic rings. The number of anilines is 1. The zero-order valence-corrected chi connectivity index (χ0v) is 8.13. The van der Waals surface area contributed by atoms with Crippen molar-refractivity contribution in [1.82, 2.24) is 0 Å². The highest BCUT2D eigenvalue weighted by Gasteiger charge is 1.99. The molecule has 0 fully saturated rings. The number of rotatable bonds is 3. The van der Waals surface area contributed by atoms with Crippen LogP contribution in [0.4, 0.5) is 5.69 Å². The zero-order valence-electron chi connectivity index (χ0n) is 8.13. The first kappa shape index (κ1) is 9.65. The van der Waals surface area contributed by atoms with Gasteiger partial charge in [0.2, 0.25) is 0 Å². The van der Waals surface area contributed by atoms with Crippen LogP contribution in [0.25, 0.3) is 0 Å². The van der Waals surface area contributed by atoms with Crippen molar-refractivity contribution in [1.29, 1.82) is 0 Å². The van der Waals surface area contributed by atoms with Crippen molar-refractivity contribution in [3.8, 4) is 5.75 Å². The van der Waals surface area contributed by atoms with E-state index >= 15 is 0 Å². The fourth-order valence-corrected chi connectivity index (χ4v) is 0.968. The summed E-state index contributed by atoms with van der Waals surface area (Å²) in [5.41, 5.74) is 8.53. The summed E-state index contributed by atoms with van der Waals surface area (Å²) >= 11 is 0. The predicted octanol–water partition coefficient (Wildman–Crippen LogP) is 2.53. The van der Waals surface area contributed by atoms with Gasteiger partial charge in [-0.15, -0.1) is 0 Å². The minimum absolute atomic E-state index is 0.521. The average Bonchev–Trinajstić information content (AvgIpc) is 2.06. The normalized spacial score (nSPS) is 9.69. The van der Waals surface area contributed by atoms with Crippen LogP contribution in [-0.2, 0) is 0 Å². The Morgan fingerprint density at radius 3 is 2.85 bits per heavy atom. The van der Waals surface area contributed by atoms with E-state index in [0.29, 0.717) is 12.3 Å². The van der Waals surface area contributed by atoms with Gasteiger partial charge in [0.15, 0.2) is 0 Å². The number of hydrogen-bond donors (Lipinski definition) is 1. The van der Waals surface area contributed by atoms with E-state index in [9.17, 15) is 0 Å². The van der Waals surface area contributed by atoms with Gasteiger partial charge in [-0.3, -0.25) is 0 Å². The fourth-order valence-electron chi connectivity index (χ4n) is 0.968. The Labute approximate surface area is 79.0 Å². The molecule has 2 nitrogen and oxygen atoms in total. The predicted molar refractivity (Wildman–Crippen MR) is 55.9 cm³/mol. The maximum absolute atomic E-state index is 5.72. The minimum Gasteiger partial charge on any atom is -0.487 e. The van der Waals surface area contributed by atoms with E-state index in [2.05, 4.69) is 6.58 Å². The van der Waals surface area contributed by atoms with Crippen molar-refractivity contribution in [3.05, 3.63) is 35.9 Å². The lowest BCUT2D eigenvalue weighted by molar-refractivity contribution is 0.354. The lowest BCUT2D eigenvalue weighted by Crippen LogP contribution is -2.00. The molecule has 1 rings (SSSR count). The molecule has 0 aliphatic carbocycles. The Morgan fingerprint density at radius 2 is 2.23 bits per heavy atom. The van der Waals surface area contributed by atoms with Gasteiger partial charge in [0.05, 0.1) is 5.69 Å². The fraction of sp³-hybridized carbons (Fsp3) is 0.273. The molecule has 0 radical (unpaired) electrons. The van der Waals surface area contributed by atoms with Gasteiger partial charge in [-0.2, -0.15) is 0 Å². The molecule has 2 N–H and O–H groups in total. The van der Waals surface area contributed by atoms with Crippen LogP contribution in [0.15, 0.2) is 30.4 Å². The van der Waals surface area contributed by atoms with Crippen LogP contribution in [0, 0.1) is 6.92 Å². The second-order valence-electron chi connectivity index (χ2n) is 3.29. The summed E-state index contributed by atoms with van der Waals surface area (Å²) < 4.78 is 5.45. The Kier molecular flexibility index (Phi) is 2.96. The van der Waals surface area contributed by atoms with Crippen LogP contribution >= 0.6 is 0 Å². The standard InChI is InChI=1S/C11H15NO/c1-8(2)7-13-11-6-9(3)4-5-10(11)12/h4-6H,1,7,12H2,2-3H3. The maximum Gasteiger partial charge on any atom is 0.142 e. The molecule has 0 aromatic heterocycles. The maximum atomic E-state index is 5.72. The van der Waals surface area contributed by atoms with E-state index in [-0.39, 0.29) is 0 Å². The zero-order chi connectivity index (χ0) is 9.84. The van der Waals surface area contributed by atoms with Gasteiger partial charge >= 0.3 is 0 Å². The van der Waals surface area contributed by atoms with E-state index in [4.69, 9.17) is 10.5 Å². The van der Waals surface area contributed by atoms with Crippen molar-refractivity contribution < 1.29 is 4.74 Å². The first-order valence-corrected chi connectivity index (χ1v) is 4.23. The average molecular weight is 177 g/mol. The summed E-state index contributed by atoms with van der Waals surface area (Å²) in [7, 11) is 0. The van der Waals surface area contributed by atoms with Gasteiger partial charge in [0.25, 0.3) is 0 Å². The third-order valence-corrected chi connectivity index (χ3v) is 1.64. The summed E-state index contributed by atoms with van der Waals surface area (Å²) in [5.74, 6) is 0.739. The third-order valence-electron chi connectivity index (χ3n) is 1.64. The number of hydrogen-bond acceptors (Lipinski definition) is 2. The Hall–Kier alpha value is -1.44. The monoisotopic (exact) mass is 177 g/mol. The third kappa shape index (κ3) is 2.82. The van der Waals surface area contributed by atoms with Gasteiger partial charge in [-0.05, 0) is 37.1 Å². The molecule has 0 saturated heterocycles. The van der Waals surface area contributed by atoms with Crippen LogP contribution in [0.1, 0.15) is 12.5 Å². The largest absolute Gasteiger partial charge is 0.487 e. The number of nitrogens with two attached hydrogens (primary N) is 1. The molecule has 2 heteroatoms. The molecule has 0 atom stereocenters. The van der Waals surface area contributed by atoms with Crippen molar-refractivity contribution in [2.45, 2.75) is 13.8 Å². The molecule has 13 heavy (non-hydrogen) atoms. The summed E-state index contributed by atoms with van der Waals surface area (Å²) in [4.78, 5) is 0. The molecule has 0 heterocycles. The molecule has 70 valence electrons. The highest BCUT2D eigenvalue weighted by molar-refractivity contribution is 5.53. The topological polar surface area (TPSA) is 35.2 Å². The van der Waals surface area contributed by atoms with Crippen molar-refractivity contribution in [3.63, 3.8) is 0 Å². The molecule has 0 amide bonds. The summed E-state index contributed by atoms with van der Waals surface area (Å²) in [6, 6.07) is 5.74. The summed E-state index contributed by atoms with van der Waals surface area (Å²) in [6.07, 6.45) is 0. The number of aryl methyl sites for hydroxylation is 1. The minimum atomic E-state index is 0.521. The van der Waals surface area contributed by atoms with Crippen LogP contribution in [0.5, 0.6) is 5.75 Å². The molecular weight excluding hydrogens is 162 g/mol. The second-order valence-corrected chi connectivity index (χ2v) is 3.29. The number of ether oxygens (including phenoxy) is 1. The highest BCUT2D eigenvalue weighted by Crippen LogP contribution is 2.22. The molecule has 0 spiro atoms. The van der Waals surface area contributed by atoms with Crippen molar-refractivity contribution in [2.24, 2.45) is 0 Å². The number of nitrogen functional groups attached to an aromatic ring is 1. The first-order chi connectivity index (χ1) is 6.09. The summed E-state index contributed by atoms with van der Waals surface area (Å²) in [6.45, 7) is 8.21. The van der Waals surface area contributed by atoms with Gasteiger partial charge in [0, 0.05) is 0 Å². The molecule has 0 unspecified atom stereocenters. The first-order valence-electron chi connectivity index (χ1n) is 4.23. The van der Waals surface area contributed by atoms with E-state index in [0.717, 1.165) is 16.9 Å². The van der Waals surface area contributed by atoms with Crippen molar-refractivity contribution >= 4 is 5.69 Å². The molecule has 0 saturated carbocycles. The van der Waals surface area contributed by atoms with Crippen LogP contribution < -0.4 is 10.5 Å². The Balaban J connectivity index is 2.75. The highest BCUT2D eigenvalue weighted by atomic mass is 16.5. The van der Waals surface area contributed by atoms with Gasteiger partial charge in [-0.25, -0.2) is 0 Å². The molecular formula is C11H15NO. The lowest BCUT2D eigenvalue weighted by atomic mass is 10.2. The molecule has 1 aromatic carbocycles. The number of benzene rings is 1. The molecule has 0 aliphatic rings. The smallest absolute Gasteiger partial charge is 0.142 e. The second kappa shape index (κ2) is 3.99. The van der Waals surface area contributed by atoms with E-state index in [1.165, 1.54) is 0 Å². The van der Waals surface area contributed by atoms with Crippen LogP contribution in [0.2, 0.25) is 0 Å². The van der Waals surface area contributed by atoms with E-state index in [1.54, 1.807) is 0 Å².